The van der Waals surface area contributed by atoms with Gasteiger partial charge in [0.05, 0.1) is 0 Å². The zero-order valence-corrected chi connectivity index (χ0v) is 16.4. The molecule has 0 bridgehead atoms. The Morgan fingerprint density at radius 3 is 1.29 bits per heavy atom. The maximum absolute atomic E-state index is 10.3. The fourth-order valence-electron chi connectivity index (χ4n) is 3.29. The van der Waals surface area contributed by atoms with Crippen molar-refractivity contribution in [2.45, 2.75) is 12.3 Å². The van der Waals surface area contributed by atoms with Crippen LogP contribution >= 0.6 is 0 Å². The Hall–Kier alpha value is -3.42. The zero-order valence-electron chi connectivity index (χ0n) is 16.4. The van der Waals surface area contributed by atoms with E-state index in [1.165, 1.54) is 0 Å². The van der Waals surface area contributed by atoms with Crippen molar-refractivity contribution in [2.75, 3.05) is 38.0 Å². The Balaban J connectivity index is 1.39. The largest absolute Gasteiger partial charge is 0.507 e. The van der Waals surface area contributed by atoms with Gasteiger partial charge in [-0.05, 0) is 24.3 Å². The van der Waals surface area contributed by atoms with Crippen molar-refractivity contribution in [3.8, 4) is 11.5 Å². The first-order valence-corrected chi connectivity index (χ1v) is 9.14. The first-order valence-electron chi connectivity index (χ1n) is 9.14. The Morgan fingerprint density at radius 2 is 1.00 bits per heavy atom. The topological polar surface area (TPSA) is 95.1 Å². The van der Waals surface area contributed by atoms with Crippen molar-refractivity contribution in [2.24, 2.45) is 0 Å². The van der Waals surface area contributed by atoms with Crippen LogP contribution in [0, 0.1) is 0 Å². The molecule has 8 heteroatoms. The molecule has 2 saturated heterocycles. The number of benzene rings is 2. The molecule has 2 aliphatic heterocycles. The van der Waals surface area contributed by atoms with Crippen molar-refractivity contribution in [3.63, 3.8) is 0 Å². The van der Waals surface area contributed by atoms with Crippen molar-refractivity contribution < 1.29 is 10.2 Å². The van der Waals surface area contributed by atoms with E-state index >= 15 is 0 Å². The lowest BCUT2D eigenvalue weighted by Gasteiger charge is -2.43. The number of hydrogen-bond donors (Lipinski definition) is 6. The Kier molecular flexibility index (Phi) is 4.26. The number of aromatic hydroxyl groups is 2. The molecule has 2 aromatic rings. The van der Waals surface area contributed by atoms with Gasteiger partial charge < -0.3 is 41.3 Å². The molecule has 0 atom stereocenters. The number of anilines is 2. The molecule has 2 aliphatic rings. The maximum Gasteiger partial charge on any atom is 0.144 e. The molecule has 148 valence electrons. The molecule has 0 saturated carbocycles. The molecular formula is C20H26N6O2. The van der Waals surface area contributed by atoms with Crippen LogP contribution in [0.2, 0.25) is 0 Å². The third-order valence-electron chi connectivity index (χ3n) is 5.09. The molecule has 2 aromatic carbocycles. The molecule has 0 unspecified atom stereocenters. The summed E-state index contributed by atoms with van der Waals surface area (Å²) in [7, 11) is 7.75. The van der Waals surface area contributed by atoms with Crippen molar-refractivity contribution in [1.82, 2.24) is 21.3 Å². The lowest BCUT2D eigenvalue weighted by atomic mass is 10.1. The first-order chi connectivity index (χ1) is 13.3. The van der Waals surface area contributed by atoms with Crippen LogP contribution in [0.15, 0.2) is 48.0 Å². The fourth-order valence-corrected chi connectivity index (χ4v) is 3.29. The number of phenolic OH excluding ortho intramolecular Hbond substituents is 2. The molecule has 0 radical (unpaired) electrons. The highest BCUT2D eigenvalue weighted by Gasteiger charge is 2.34. The molecule has 6 N–H and O–H groups in total. The van der Waals surface area contributed by atoms with Crippen LogP contribution in [0.5, 0.6) is 11.5 Å². The van der Waals surface area contributed by atoms with Crippen LogP contribution in [0.1, 0.15) is 23.5 Å². The number of rotatable bonds is 4. The zero-order chi connectivity index (χ0) is 20.0. The summed E-state index contributed by atoms with van der Waals surface area (Å²) in [4.78, 5) is 3.89. The minimum absolute atomic E-state index is 0.144. The molecular weight excluding hydrogens is 356 g/mol. The molecule has 0 spiro atoms. The highest BCUT2D eigenvalue weighted by molar-refractivity contribution is 5.55. The molecule has 4 rings (SSSR count). The van der Waals surface area contributed by atoms with Gasteiger partial charge in [-0.1, -0.05) is 0 Å². The summed E-state index contributed by atoms with van der Waals surface area (Å²) < 4.78 is 0. The van der Waals surface area contributed by atoms with E-state index in [0.29, 0.717) is 0 Å². The van der Waals surface area contributed by atoms with Gasteiger partial charge >= 0.3 is 0 Å². The normalized spacial score (nSPS) is 20.0. The summed E-state index contributed by atoms with van der Waals surface area (Å²) in [6.07, 6.45) is -0.289. The van der Waals surface area contributed by atoms with E-state index in [9.17, 15) is 10.2 Å². The monoisotopic (exact) mass is 382 g/mol. The molecule has 2 fully saturated rings. The van der Waals surface area contributed by atoms with Gasteiger partial charge in [0.15, 0.2) is 0 Å². The number of phenols is 2. The summed E-state index contributed by atoms with van der Waals surface area (Å²) in [5.74, 6) is 2.17. The predicted molar refractivity (Wildman–Crippen MR) is 110 cm³/mol. The summed E-state index contributed by atoms with van der Waals surface area (Å²) in [6, 6.07) is 11.3. The SMILES string of the molecule is CN(C)c1ccc(C2NC(=C3NC(c4ccc(N(C)C)cc4O)N3)N2)c(O)c1. The van der Waals surface area contributed by atoms with E-state index in [-0.39, 0.29) is 23.8 Å². The average molecular weight is 382 g/mol. The smallest absolute Gasteiger partial charge is 0.144 e. The second-order valence-corrected chi connectivity index (χ2v) is 7.47. The lowest BCUT2D eigenvalue weighted by Crippen LogP contribution is -2.58. The van der Waals surface area contributed by atoms with E-state index in [1.807, 2.05) is 62.3 Å². The highest BCUT2D eigenvalue weighted by atomic mass is 16.3. The maximum atomic E-state index is 10.3. The van der Waals surface area contributed by atoms with E-state index < -0.39 is 0 Å². The number of hydrogen-bond acceptors (Lipinski definition) is 8. The van der Waals surface area contributed by atoms with Crippen LogP contribution in [-0.2, 0) is 0 Å². The van der Waals surface area contributed by atoms with Gasteiger partial charge in [-0.2, -0.15) is 0 Å². The van der Waals surface area contributed by atoms with Crippen LogP contribution in [0.4, 0.5) is 11.4 Å². The summed E-state index contributed by atoms with van der Waals surface area (Å²) in [6.45, 7) is 0. The molecule has 0 aromatic heterocycles. The minimum atomic E-state index is -0.144. The number of nitrogens with zero attached hydrogens (tertiary/aromatic N) is 2. The van der Waals surface area contributed by atoms with Crippen LogP contribution in [0.3, 0.4) is 0 Å². The first kappa shape index (κ1) is 18.0. The third kappa shape index (κ3) is 3.06. The quantitative estimate of drug-likeness (QED) is 0.473. The van der Waals surface area contributed by atoms with Crippen LogP contribution in [0.25, 0.3) is 0 Å². The lowest BCUT2D eigenvalue weighted by molar-refractivity contribution is 0.307. The van der Waals surface area contributed by atoms with Gasteiger partial charge in [-0.3, -0.25) is 0 Å². The fraction of sp³-hybridized carbons (Fsp3) is 0.300. The van der Waals surface area contributed by atoms with Crippen molar-refractivity contribution >= 4 is 11.4 Å². The minimum Gasteiger partial charge on any atom is -0.507 e. The Bertz CT molecular complexity index is 849. The van der Waals surface area contributed by atoms with Gasteiger partial charge in [-0.15, -0.1) is 0 Å². The average Bonchev–Trinajstić information content (AvgIpc) is 2.57. The van der Waals surface area contributed by atoms with E-state index in [0.717, 1.165) is 34.1 Å². The molecule has 0 aliphatic carbocycles. The number of nitrogens with one attached hydrogen (secondary N) is 4. The van der Waals surface area contributed by atoms with Gasteiger partial charge in [0, 0.05) is 62.8 Å². The molecule has 2 heterocycles. The van der Waals surface area contributed by atoms with Crippen LogP contribution in [-0.4, -0.2) is 38.4 Å². The van der Waals surface area contributed by atoms with Gasteiger partial charge in [-0.25, -0.2) is 0 Å². The second-order valence-electron chi connectivity index (χ2n) is 7.47. The summed E-state index contributed by atoms with van der Waals surface area (Å²) >= 11 is 0. The van der Waals surface area contributed by atoms with E-state index in [2.05, 4.69) is 21.3 Å². The van der Waals surface area contributed by atoms with Crippen molar-refractivity contribution in [3.05, 3.63) is 59.2 Å². The van der Waals surface area contributed by atoms with Gasteiger partial charge in [0.1, 0.15) is 35.5 Å². The second kappa shape index (κ2) is 6.63. The Labute approximate surface area is 164 Å². The molecule has 0 amide bonds. The van der Waals surface area contributed by atoms with Gasteiger partial charge in [0.2, 0.25) is 0 Å². The predicted octanol–water partition coefficient (Wildman–Crippen LogP) is 1.44. The van der Waals surface area contributed by atoms with E-state index in [1.54, 1.807) is 12.1 Å². The van der Waals surface area contributed by atoms with Crippen molar-refractivity contribution in [1.29, 1.82) is 0 Å². The third-order valence-corrected chi connectivity index (χ3v) is 5.09. The van der Waals surface area contributed by atoms with E-state index in [4.69, 9.17) is 0 Å². The molecule has 28 heavy (non-hydrogen) atoms. The van der Waals surface area contributed by atoms with Gasteiger partial charge in [0.25, 0.3) is 0 Å². The van der Waals surface area contributed by atoms with Crippen LogP contribution < -0.4 is 31.1 Å². The summed E-state index contributed by atoms with van der Waals surface area (Å²) in [5, 5.41) is 33.7. The highest BCUT2D eigenvalue weighted by Crippen LogP contribution is 2.34. The summed E-state index contributed by atoms with van der Waals surface area (Å²) in [5.41, 5.74) is 3.49. The molecule has 8 nitrogen and oxygen atoms in total. The standard InChI is InChI=1S/C20H26N6O2/c1-25(2)11-5-7-13(15(27)9-11)17-21-19(22-17)20-23-18(24-20)14-8-6-12(26(3)4)10-16(14)28/h5-10,17-18,21-24,27-28H,1-4H3. The Morgan fingerprint density at radius 1 is 0.643 bits per heavy atom.